The van der Waals surface area contributed by atoms with Gasteiger partial charge in [0.25, 0.3) is 0 Å². The lowest BCUT2D eigenvalue weighted by Gasteiger charge is -2.11. The highest BCUT2D eigenvalue weighted by molar-refractivity contribution is 6.13. The first-order valence-electron chi connectivity index (χ1n) is 19.2. The third-order valence-electron chi connectivity index (χ3n) is 11.0. The molecule has 0 spiro atoms. The standard InChI is InChI=1S/C53H33N3O/c1-2-11-37(12-3-1)45-20-10-22-48-50(45)47-32-31-41(33-49(47)57-48)34-23-27-39(28-24-34)51-54-52(56-53(55-51)46-21-9-16-36-14-5-7-18-44(36)46)40-29-25-38(26-30-40)43-19-8-15-35-13-4-6-17-42(35)43/h1-33H. The lowest BCUT2D eigenvalue weighted by molar-refractivity contribution is 0.669. The number of aromatic nitrogens is 3. The zero-order valence-electron chi connectivity index (χ0n) is 30.8. The van der Waals surface area contributed by atoms with Crippen LogP contribution in [-0.2, 0) is 0 Å². The van der Waals surface area contributed by atoms with Crippen molar-refractivity contribution in [2.75, 3.05) is 0 Å². The molecular formula is C53H33N3O. The Hall–Kier alpha value is -7.69. The van der Waals surface area contributed by atoms with Crippen LogP contribution in [0.1, 0.15) is 0 Å². The van der Waals surface area contributed by atoms with Crippen molar-refractivity contribution in [1.29, 1.82) is 0 Å². The molecule has 11 aromatic rings. The Morgan fingerprint density at radius 3 is 1.47 bits per heavy atom. The van der Waals surface area contributed by atoms with Crippen LogP contribution in [0.4, 0.5) is 0 Å². The smallest absolute Gasteiger partial charge is 0.164 e. The van der Waals surface area contributed by atoms with Crippen LogP contribution >= 0.6 is 0 Å². The topological polar surface area (TPSA) is 51.8 Å². The maximum absolute atomic E-state index is 6.44. The Bertz CT molecular complexity index is 3270. The van der Waals surface area contributed by atoms with Crippen LogP contribution in [0, 0.1) is 0 Å². The van der Waals surface area contributed by atoms with E-state index in [0.717, 1.165) is 66.1 Å². The second-order valence-electron chi connectivity index (χ2n) is 14.4. The highest BCUT2D eigenvalue weighted by Gasteiger charge is 2.17. The van der Waals surface area contributed by atoms with Gasteiger partial charge in [0.05, 0.1) is 0 Å². The second kappa shape index (κ2) is 13.6. The van der Waals surface area contributed by atoms with Gasteiger partial charge < -0.3 is 4.42 Å². The zero-order chi connectivity index (χ0) is 37.7. The van der Waals surface area contributed by atoms with Gasteiger partial charge in [0.1, 0.15) is 11.2 Å². The van der Waals surface area contributed by atoms with E-state index in [4.69, 9.17) is 19.4 Å². The summed E-state index contributed by atoms with van der Waals surface area (Å²) in [4.78, 5) is 15.3. The van der Waals surface area contributed by atoms with Gasteiger partial charge in [0.2, 0.25) is 0 Å². The number of hydrogen-bond acceptors (Lipinski definition) is 4. The maximum atomic E-state index is 6.44. The molecule has 0 N–H and O–H groups in total. The molecule has 4 heteroatoms. The van der Waals surface area contributed by atoms with Gasteiger partial charge in [-0.05, 0) is 73.1 Å². The van der Waals surface area contributed by atoms with E-state index in [1.165, 1.54) is 27.5 Å². The third kappa shape index (κ3) is 5.83. The Kier molecular flexibility index (Phi) is 7.78. The average Bonchev–Trinajstić information content (AvgIpc) is 3.67. The van der Waals surface area contributed by atoms with Crippen LogP contribution in [0.15, 0.2) is 205 Å². The SMILES string of the molecule is c1ccc(-c2cccc3oc4cc(-c5ccc(-c6nc(-c7ccc(-c8cccc9ccccc89)cc7)nc(-c7cccc8ccccc78)n6)cc5)ccc4c23)cc1. The minimum atomic E-state index is 0.619. The van der Waals surface area contributed by atoms with Gasteiger partial charge in [0, 0.05) is 27.5 Å². The summed E-state index contributed by atoms with van der Waals surface area (Å²) in [7, 11) is 0. The van der Waals surface area contributed by atoms with Crippen molar-refractivity contribution in [2.45, 2.75) is 0 Å². The molecule has 0 unspecified atom stereocenters. The Morgan fingerprint density at radius 1 is 0.281 bits per heavy atom. The summed E-state index contributed by atoms with van der Waals surface area (Å²) in [6, 6.07) is 69.9. The monoisotopic (exact) mass is 727 g/mol. The van der Waals surface area contributed by atoms with Crippen molar-refractivity contribution in [3.8, 4) is 67.5 Å². The molecule has 9 aromatic carbocycles. The van der Waals surface area contributed by atoms with Crippen molar-refractivity contribution in [1.82, 2.24) is 15.0 Å². The molecular weight excluding hydrogens is 695 g/mol. The number of benzene rings is 9. The fraction of sp³-hybridized carbons (Fsp3) is 0. The van der Waals surface area contributed by atoms with E-state index in [-0.39, 0.29) is 0 Å². The van der Waals surface area contributed by atoms with E-state index in [9.17, 15) is 0 Å². The van der Waals surface area contributed by atoms with E-state index in [0.29, 0.717) is 17.5 Å². The van der Waals surface area contributed by atoms with Gasteiger partial charge in [0.15, 0.2) is 17.5 Å². The molecule has 0 aliphatic carbocycles. The van der Waals surface area contributed by atoms with Crippen LogP contribution < -0.4 is 0 Å². The molecule has 0 aliphatic heterocycles. The molecule has 2 aromatic heterocycles. The first-order valence-corrected chi connectivity index (χ1v) is 19.2. The third-order valence-corrected chi connectivity index (χ3v) is 11.0. The van der Waals surface area contributed by atoms with Crippen molar-refractivity contribution >= 4 is 43.5 Å². The van der Waals surface area contributed by atoms with Crippen LogP contribution in [-0.4, -0.2) is 15.0 Å². The Morgan fingerprint density at radius 2 is 0.772 bits per heavy atom. The minimum absolute atomic E-state index is 0.619. The van der Waals surface area contributed by atoms with E-state index in [1.807, 2.05) is 12.1 Å². The number of hydrogen-bond donors (Lipinski definition) is 0. The molecule has 0 amide bonds. The van der Waals surface area contributed by atoms with E-state index in [2.05, 4.69) is 188 Å². The summed E-state index contributed by atoms with van der Waals surface area (Å²) in [6.07, 6.45) is 0. The van der Waals surface area contributed by atoms with Gasteiger partial charge in [-0.1, -0.05) is 182 Å². The summed E-state index contributed by atoms with van der Waals surface area (Å²) in [5, 5.41) is 6.93. The lowest BCUT2D eigenvalue weighted by atomic mass is 9.97. The summed E-state index contributed by atoms with van der Waals surface area (Å²) < 4.78 is 6.44. The number of furan rings is 1. The van der Waals surface area contributed by atoms with Gasteiger partial charge in [-0.3, -0.25) is 0 Å². The molecule has 4 nitrogen and oxygen atoms in total. The first kappa shape index (κ1) is 32.7. The maximum Gasteiger partial charge on any atom is 0.164 e. The molecule has 0 bridgehead atoms. The van der Waals surface area contributed by atoms with Gasteiger partial charge >= 0.3 is 0 Å². The molecule has 11 rings (SSSR count). The number of nitrogens with zero attached hydrogens (tertiary/aromatic N) is 3. The van der Waals surface area contributed by atoms with Crippen molar-refractivity contribution in [3.05, 3.63) is 200 Å². The van der Waals surface area contributed by atoms with Crippen LogP contribution in [0.25, 0.3) is 111 Å². The number of fused-ring (bicyclic) bond motifs is 5. The molecule has 266 valence electrons. The molecule has 0 saturated heterocycles. The van der Waals surface area contributed by atoms with Crippen molar-refractivity contribution in [3.63, 3.8) is 0 Å². The van der Waals surface area contributed by atoms with Crippen LogP contribution in [0.3, 0.4) is 0 Å². The highest BCUT2D eigenvalue weighted by atomic mass is 16.3. The summed E-state index contributed by atoms with van der Waals surface area (Å²) in [5.74, 6) is 1.88. The Labute approximate surface area is 329 Å². The molecule has 2 heterocycles. The van der Waals surface area contributed by atoms with Gasteiger partial charge in [-0.15, -0.1) is 0 Å². The van der Waals surface area contributed by atoms with Crippen molar-refractivity contribution < 1.29 is 4.42 Å². The van der Waals surface area contributed by atoms with Gasteiger partial charge in [-0.25, -0.2) is 15.0 Å². The molecule has 0 atom stereocenters. The van der Waals surface area contributed by atoms with E-state index in [1.54, 1.807) is 0 Å². The minimum Gasteiger partial charge on any atom is -0.456 e. The second-order valence-corrected chi connectivity index (χ2v) is 14.4. The first-order chi connectivity index (χ1) is 28.2. The zero-order valence-corrected chi connectivity index (χ0v) is 30.8. The quantitative estimate of drug-likeness (QED) is 0.171. The largest absolute Gasteiger partial charge is 0.456 e. The molecule has 0 fully saturated rings. The fourth-order valence-corrected chi connectivity index (χ4v) is 8.13. The lowest BCUT2D eigenvalue weighted by Crippen LogP contribution is -2.00. The average molecular weight is 728 g/mol. The van der Waals surface area contributed by atoms with E-state index < -0.39 is 0 Å². The molecule has 57 heavy (non-hydrogen) atoms. The summed E-state index contributed by atoms with van der Waals surface area (Å²) in [5.41, 5.74) is 11.4. The summed E-state index contributed by atoms with van der Waals surface area (Å²) >= 11 is 0. The van der Waals surface area contributed by atoms with E-state index >= 15 is 0 Å². The highest BCUT2D eigenvalue weighted by Crippen LogP contribution is 2.39. The Balaban J connectivity index is 0.983. The number of rotatable bonds is 6. The van der Waals surface area contributed by atoms with Crippen molar-refractivity contribution in [2.24, 2.45) is 0 Å². The summed E-state index contributed by atoms with van der Waals surface area (Å²) in [6.45, 7) is 0. The molecule has 0 saturated carbocycles. The molecule has 0 aliphatic rings. The predicted octanol–water partition coefficient (Wildman–Crippen LogP) is 14.1. The molecule has 0 radical (unpaired) electrons. The predicted molar refractivity (Wildman–Crippen MR) is 235 cm³/mol. The van der Waals surface area contributed by atoms with Gasteiger partial charge in [-0.2, -0.15) is 0 Å². The van der Waals surface area contributed by atoms with Crippen LogP contribution in [0.2, 0.25) is 0 Å². The fourth-order valence-electron chi connectivity index (χ4n) is 8.13. The van der Waals surface area contributed by atoms with Crippen LogP contribution in [0.5, 0.6) is 0 Å². The normalized spacial score (nSPS) is 11.5.